The Morgan fingerprint density at radius 3 is 2.52 bits per heavy atom. The third-order valence-corrected chi connectivity index (χ3v) is 5.54. The molecule has 0 saturated carbocycles. The first-order valence-corrected chi connectivity index (χ1v) is 9.06. The van der Waals surface area contributed by atoms with E-state index in [-0.39, 0.29) is 23.5 Å². The fourth-order valence-electron chi connectivity index (χ4n) is 2.45. The van der Waals surface area contributed by atoms with Crippen LogP contribution in [0.15, 0.2) is 24.3 Å². The molecule has 1 heterocycles. The van der Waals surface area contributed by atoms with Crippen LogP contribution in [-0.4, -0.2) is 50.4 Å². The van der Waals surface area contributed by atoms with Crippen molar-refractivity contribution in [2.45, 2.75) is 25.8 Å². The van der Waals surface area contributed by atoms with Crippen LogP contribution in [-0.2, 0) is 9.84 Å². The molecule has 1 saturated heterocycles. The van der Waals surface area contributed by atoms with E-state index in [0.717, 1.165) is 18.7 Å². The number of rotatable bonds is 5. The smallest absolute Gasteiger partial charge is 0.253 e. The molecule has 1 aromatic carbocycles. The molecular formula is C15H22N2O3S. The molecule has 5 nitrogen and oxygen atoms in total. The molecule has 0 aliphatic carbocycles. The van der Waals surface area contributed by atoms with Gasteiger partial charge >= 0.3 is 0 Å². The van der Waals surface area contributed by atoms with Crippen LogP contribution >= 0.6 is 0 Å². The maximum Gasteiger partial charge on any atom is 0.253 e. The van der Waals surface area contributed by atoms with Gasteiger partial charge in [-0.3, -0.25) is 4.79 Å². The van der Waals surface area contributed by atoms with Gasteiger partial charge in [0.25, 0.3) is 5.91 Å². The van der Waals surface area contributed by atoms with Gasteiger partial charge in [0, 0.05) is 30.9 Å². The number of amides is 1. The van der Waals surface area contributed by atoms with Crippen LogP contribution in [0.5, 0.6) is 0 Å². The Bertz CT molecular complexity index is 596. The lowest BCUT2D eigenvalue weighted by Gasteiger charge is -2.23. The average molecular weight is 310 g/mol. The van der Waals surface area contributed by atoms with E-state index in [0.29, 0.717) is 12.0 Å². The summed E-state index contributed by atoms with van der Waals surface area (Å²) in [5.41, 5.74) is 1.57. The molecule has 1 aliphatic rings. The maximum absolute atomic E-state index is 12.4. The van der Waals surface area contributed by atoms with Gasteiger partial charge in [-0.1, -0.05) is 6.92 Å². The summed E-state index contributed by atoms with van der Waals surface area (Å²) < 4.78 is 23.0. The Labute approximate surface area is 126 Å². The van der Waals surface area contributed by atoms with Crippen LogP contribution in [0, 0.1) is 0 Å². The molecule has 1 unspecified atom stereocenters. The molecule has 1 amide bonds. The lowest BCUT2D eigenvalue weighted by Crippen LogP contribution is -2.37. The summed E-state index contributed by atoms with van der Waals surface area (Å²) in [6.07, 6.45) is 1.57. The van der Waals surface area contributed by atoms with Gasteiger partial charge in [-0.15, -0.1) is 0 Å². The highest BCUT2D eigenvalue weighted by Gasteiger charge is 2.32. The topological polar surface area (TPSA) is 66.5 Å². The largest absolute Gasteiger partial charge is 0.385 e. The molecule has 0 spiro atoms. The van der Waals surface area contributed by atoms with Crippen molar-refractivity contribution >= 4 is 21.4 Å². The summed E-state index contributed by atoms with van der Waals surface area (Å²) in [5.74, 6) is 0.125. The fraction of sp³-hybridized carbons (Fsp3) is 0.533. The summed E-state index contributed by atoms with van der Waals surface area (Å²) in [4.78, 5) is 13.9. The second kappa shape index (κ2) is 6.47. The van der Waals surface area contributed by atoms with Gasteiger partial charge in [0.05, 0.1) is 11.5 Å². The Kier molecular flexibility index (Phi) is 4.88. The summed E-state index contributed by atoms with van der Waals surface area (Å²) in [6.45, 7) is 2.99. The monoisotopic (exact) mass is 310 g/mol. The molecule has 1 fully saturated rings. The second-order valence-electron chi connectivity index (χ2n) is 5.48. The van der Waals surface area contributed by atoms with E-state index in [1.165, 1.54) is 0 Å². The van der Waals surface area contributed by atoms with Crippen LogP contribution in [0.25, 0.3) is 0 Å². The standard InChI is InChI=1S/C15H22N2O3S/c1-3-9-16-13-6-4-12(5-7-13)15(18)17(2)14-8-10-21(19,20)11-14/h4-7,14,16H,3,8-11H2,1-2H3. The molecule has 0 aromatic heterocycles. The van der Waals surface area contributed by atoms with Crippen molar-refractivity contribution in [3.8, 4) is 0 Å². The van der Waals surface area contributed by atoms with E-state index in [1.54, 1.807) is 24.1 Å². The number of nitrogens with zero attached hydrogens (tertiary/aromatic N) is 1. The molecular weight excluding hydrogens is 288 g/mol. The van der Waals surface area contributed by atoms with Crippen molar-refractivity contribution in [2.75, 3.05) is 30.4 Å². The Balaban J connectivity index is 2.02. The zero-order valence-electron chi connectivity index (χ0n) is 12.5. The third kappa shape index (κ3) is 3.97. The predicted molar refractivity (Wildman–Crippen MR) is 84.4 cm³/mol. The van der Waals surface area contributed by atoms with E-state index >= 15 is 0 Å². The van der Waals surface area contributed by atoms with Crippen molar-refractivity contribution in [3.63, 3.8) is 0 Å². The average Bonchev–Trinajstić information content (AvgIpc) is 2.84. The lowest BCUT2D eigenvalue weighted by molar-refractivity contribution is 0.0747. The molecule has 0 bridgehead atoms. The van der Waals surface area contributed by atoms with Crippen molar-refractivity contribution in [1.29, 1.82) is 0 Å². The minimum Gasteiger partial charge on any atom is -0.385 e. The lowest BCUT2D eigenvalue weighted by atomic mass is 10.1. The Hall–Kier alpha value is -1.56. The molecule has 6 heteroatoms. The van der Waals surface area contributed by atoms with Gasteiger partial charge in [-0.25, -0.2) is 8.42 Å². The summed E-state index contributed by atoms with van der Waals surface area (Å²) in [7, 11) is -1.30. The van der Waals surface area contributed by atoms with E-state index in [1.807, 2.05) is 12.1 Å². The van der Waals surface area contributed by atoms with Crippen LogP contribution in [0.2, 0.25) is 0 Å². The maximum atomic E-state index is 12.4. The number of carbonyl (C=O) groups excluding carboxylic acids is 1. The Morgan fingerprint density at radius 1 is 1.33 bits per heavy atom. The van der Waals surface area contributed by atoms with Crippen molar-refractivity contribution < 1.29 is 13.2 Å². The molecule has 1 aliphatic heterocycles. The first-order chi connectivity index (χ1) is 9.93. The zero-order valence-corrected chi connectivity index (χ0v) is 13.3. The minimum absolute atomic E-state index is 0.0748. The van der Waals surface area contributed by atoms with Crippen LogP contribution in [0.1, 0.15) is 30.1 Å². The predicted octanol–water partition coefficient (Wildman–Crippen LogP) is 1.77. The zero-order chi connectivity index (χ0) is 15.5. The quantitative estimate of drug-likeness (QED) is 0.900. The second-order valence-corrected chi connectivity index (χ2v) is 7.71. The molecule has 0 radical (unpaired) electrons. The number of anilines is 1. The minimum atomic E-state index is -2.98. The first kappa shape index (κ1) is 15.8. The SMILES string of the molecule is CCCNc1ccc(C(=O)N(C)C2CCS(=O)(=O)C2)cc1. The highest BCUT2D eigenvalue weighted by Crippen LogP contribution is 2.19. The van der Waals surface area contributed by atoms with Crippen molar-refractivity contribution in [3.05, 3.63) is 29.8 Å². The van der Waals surface area contributed by atoms with Crippen LogP contribution in [0.4, 0.5) is 5.69 Å². The Morgan fingerprint density at radius 2 is 2.00 bits per heavy atom. The fourth-order valence-corrected chi connectivity index (χ4v) is 4.22. The molecule has 21 heavy (non-hydrogen) atoms. The van der Waals surface area contributed by atoms with E-state index < -0.39 is 9.84 Å². The first-order valence-electron chi connectivity index (χ1n) is 7.24. The van der Waals surface area contributed by atoms with Gasteiger partial charge in [-0.05, 0) is 37.1 Å². The van der Waals surface area contributed by atoms with Gasteiger partial charge in [0.2, 0.25) is 0 Å². The van der Waals surface area contributed by atoms with Gasteiger partial charge in [0.1, 0.15) is 0 Å². The molecule has 1 atom stereocenters. The van der Waals surface area contributed by atoms with Gasteiger partial charge < -0.3 is 10.2 Å². The van der Waals surface area contributed by atoms with E-state index in [9.17, 15) is 13.2 Å². The molecule has 2 rings (SSSR count). The summed E-state index contributed by atoms with van der Waals surface area (Å²) >= 11 is 0. The normalized spacial score (nSPS) is 20.2. The van der Waals surface area contributed by atoms with Gasteiger partial charge in [-0.2, -0.15) is 0 Å². The summed E-state index contributed by atoms with van der Waals surface area (Å²) in [5, 5.41) is 3.25. The van der Waals surface area contributed by atoms with Crippen molar-refractivity contribution in [1.82, 2.24) is 4.90 Å². The van der Waals surface area contributed by atoms with Crippen LogP contribution < -0.4 is 5.32 Å². The highest BCUT2D eigenvalue weighted by atomic mass is 32.2. The third-order valence-electron chi connectivity index (χ3n) is 3.79. The van der Waals surface area contributed by atoms with Crippen molar-refractivity contribution in [2.24, 2.45) is 0 Å². The number of carbonyl (C=O) groups is 1. The van der Waals surface area contributed by atoms with E-state index in [4.69, 9.17) is 0 Å². The van der Waals surface area contributed by atoms with Crippen LogP contribution in [0.3, 0.4) is 0 Å². The number of hydrogen-bond donors (Lipinski definition) is 1. The number of hydrogen-bond acceptors (Lipinski definition) is 4. The highest BCUT2D eigenvalue weighted by molar-refractivity contribution is 7.91. The number of nitrogens with one attached hydrogen (secondary N) is 1. The number of sulfone groups is 1. The van der Waals surface area contributed by atoms with E-state index in [2.05, 4.69) is 12.2 Å². The van der Waals surface area contributed by atoms with Gasteiger partial charge in [0.15, 0.2) is 9.84 Å². The summed E-state index contributed by atoms with van der Waals surface area (Å²) in [6, 6.07) is 7.10. The molecule has 1 aromatic rings. The molecule has 1 N–H and O–H groups in total. The number of benzene rings is 1. The molecule has 116 valence electrons.